The van der Waals surface area contributed by atoms with E-state index in [4.69, 9.17) is 21.1 Å². The highest BCUT2D eigenvalue weighted by molar-refractivity contribution is 6.29. The zero-order valence-corrected chi connectivity index (χ0v) is 15.0. The maximum absolute atomic E-state index is 12.1. The minimum atomic E-state index is -0.539. The van der Waals surface area contributed by atoms with Crippen molar-refractivity contribution in [1.82, 2.24) is 15.3 Å². The molecule has 1 aromatic heterocycles. The van der Waals surface area contributed by atoms with Crippen LogP contribution in [0.5, 0.6) is 0 Å². The van der Waals surface area contributed by atoms with Crippen molar-refractivity contribution in [2.75, 3.05) is 31.2 Å². The number of nitrogens with one attached hydrogen (secondary N) is 1. The number of anilines is 1. The minimum absolute atomic E-state index is 0.374. The first kappa shape index (κ1) is 17.2. The summed E-state index contributed by atoms with van der Waals surface area (Å²) in [4.78, 5) is 23.1. The Morgan fingerprint density at radius 3 is 2.58 bits per heavy atom. The second-order valence-corrected chi connectivity index (χ2v) is 7.57. The van der Waals surface area contributed by atoms with E-state index >= 15 is 0 Å². The number of halogens is 1. The summed E-state index contributed by atoms with van der Waals surface area (Å²) >= 11 is 6.19. The lowest BCUT2D eigenvalue weighted by molar-refractivity contribution is 0.0493. The summed E-state index contributed by atoms with van der Waals surface area (Å²) < 4.78 is 10.7. The fourth-order valence-corrected chi connectivity index (χ4v) is 2.80. The fourth-order valence-electron chi connectivity index (χ4n) is 2.62. The first-order valence-electron chi connectivity index (χ1n) is 8.16. The molecule has 0 spiro atoms. The topological polar surface area (TPSA) is 76.6 Å². The Labute approximate surface area is 146 Å². The molecule has 8 heteroatoms. The molecule has 2 aliphatic rings. The molecule has 1 N–H and O–H groups in total. The van der Waals surface area contributed by atoms with Crippen molar-refractivity contribution in [3.63, 3.8) is 0 Å². The number of carbonyl (C=O) groups excluding carboxylic acids is 1. The van der Waals surface area contributed by atoms with Gasteiger partial charge in [0.25, 0.3) is 0 Å². The lowest BCUT2D eigenvalue weighted by Gasteiger charge is -2.28. The van der Waals surface area contributed by atoms with Crippen LogP contribution < -0.4 is 10.2 Å². The molecule has 1 aliphatic heterocycles. The Balaban J connectivity index is 1.78. The number of amides is 1. The molecule has 2 heterocycles. The molecular formula is C16H23ClN4O3. The van der Waals surface area contributed by atoms with Crippen molar-refractivity contribution in [3.8, 4) is 0 Å². The molecule has 0 bridgehead atoms. The van der Waals surface area contributed by atoms with Gasteiger partial charge in [0.1, 0.15) is 10.8 Å². The highest BCUT2D eigenvalue weighted by atomic mass is 35.5. The number of aromatic nitrogens is 2. The van der Waals surface area contributed by atoms with Crippen LogP contribution in [0.2, 0.25) is 5.15 Å². The Morgan fingerprint density at radius 2 is 2.00 bits per heavy atom. The van der Waals surface area contributed by atoms with Crippen LogP contribution in [0.15, 0.2) is 6.07 Å². The smallest absolute Gasteiger partial charge is 0.408 e. The quantitative estimate of drug-likeness (QED) is 0.840. The molecule has 7 nitrogen and oxygen atoms in total. The maximum Gasteiger partial charge on any atom is 0.408 e. The van der Waals surface area contributed by atoms with E-state index in [0.29, 0.717) is 24.3 Å². The van der Waals surface area contributed by atoms with Gasteiger partial charge < -0.3 is 19.7 Å². The fraction of sp³-hybridized carbons (Fsp3) is 0.688. The molecule has 1 amide bonds. The maximum atomic E-state index is 12.1. The van der Waals surface area contributed by atoms with E-state index in [9.17, 15) is 4.79 Å². The van der Waals surface area contributed by atoms with Crippen molar-refractivity contribution in [3.05, 3.63) is 16.9 Å². The summed E-state index contributed by atoms with van der Waals surface area (Å²) in [6.45, 7) is 8.26. The lowest BCUT2D eigenvalue weighted by atomic mass is 10.1. The molecule has 0 aromatic carbocycles. The highest BCUT2D eigenvalue weighted by Crippen LogP contribution is 2.45. The minimum Gasteiger partial charge on any atom is -0.444 e. The predicted octanol–water partition coefficient (Wildman–Crippen LogP) is 2.48. The zero-order chi connectivity index (χ0) is 17.4. The van der Waals surface area contributed by atoms with Gasteiger partial charge in [-0.05, 0) is 39.7 Å². The van der Waals surface area contributed by atoms with Gasteiger partial charge in [0.15, 0.2) is 0 Å². The molecule has 0 atom stereocenters. The van der Waals surface area contributed by atoms with Gasteiger partial charge in [-0.2, -0.15) is 0 Å². The summed E-state index contributed by atoms with van der Waals surface area (Å²) in [5.41, 5.74) is -0.312. The van der Waals surface area contributed by atoms with Crippen molar-refractivity contribution >= 4 is 23.6 Å². The van der Waals surface area contributed by atoms with E-state index in [0.717, 1.165) is 31.6 Å². The van der Waals surface area contributed by atoms with E-state index < -0.39 is 17.2 Å². The first-order chi connectivity index (χ1) is 11.3. The summed E-state index contributed by atoms with van der Waals surface area (Å²) in [6.07, 6.45) is 1.17. The van der Waals surface area contributed by atoms with Crippen LogP contribution in [-0.2, 0) is 15.0 Å². The van der Waals surface area contributed by atoms with Crippen molar-refractivity contribution < 1.29 is 14.3 Å². The van der Waals surface area contributed by atoms with Crippen molar-refractivity contribution in [2.24, 2.45) is 0 Å². The molecule has 132 valence electrons. The Kier molecular flexibility index (Phi) is 4.57. The third kappa shape index (κ3) is 4.08. The van der Waals surface area contributed by atoms with Crippen molar-refractivity contribution in [2.45, 2.75) is 44.8 Å². The van der Waals surface area contributed by atoms with Gasteiger partial charge in [0, 0.05) is 13.1 Å². The van der Waals surface area contributed by atoms with Gasteiger partial charge in [0.2, 0.25) is 5.95 Å². The Hall–Kier alpha value is -1.60. The SMILES string of the molecule is CC(C)(C)OC(=O)NC1(c2cc(Cl)nc(N3CCOCC3)n2)CC1. The summed E-state index contributed by atoms with van der Waals surface area (Å²) in [5, 5.41) is 3.32. The van der Waals surface area contributed by atoms with Gasteiger partial charge in [0.05, 0.1) is 24.4 Å². The Morgan fingerprint density at radius 1 is 1.33 bits per heavy atom. The summed E-state index contributed by atoms with van der Waals surface area (Å²) in [5.74, 6) is 0.582. The number of hydrogen-bond donors (Lipinski definition) is 1. The lowest BCUT2D eigenvalue weighted by Crippen LogP contribution is -2.41. The summed E-state index contributed by atoms with van der Waals surface area (Å²) in [7, 11) is 0. The van der Waals surface area contributed by atoms with Gasteiger partial charge in [-0.15, -0.1) is 0 Å². The van der Waals surface area contributed by atoms with E-state index in [1.165, 1.54) is 0 Å². The van der Waals surface area contributed by atoms with Crippen LogP contribution in [0.25, 0.3) is 0 Å². The molecule has 0 unspecified atom stereocenters. The van der Waals surface area contributed by atoms with Gasteiger partial charge in [-0.25, -0.2) is 14.8 Å². The number of alkyl carbamates (subject to hydrolysis) is 1. The van der Waals surface area contributed by atoms with Gasteiger partial charge in [-0.1, -0.05) is 11.6 Å². The molecule has 1 saturated heterocycles. The Bertz CT molecular complexity index is 622. The van der Waals surface area contributed by atoms with Gasteiger partial charge in [-0.3, -0.25) is 0 Å². The standard InChI is InChI=1S/C16H23ClN4O3/c1-15(2,3)24-14(22)20-16(4-5-16)11-10-12(17)19-13(18-11)21-6-8-23-9-7-21/h10H,4-9H2,1-3H3,(H,20,22). The first-order valence-corrected chi connectivity index (χ1v) is 8.54. The van der Waals surface area contributed by atoms with Crippen LogP contribution in [-0.4, -0.2) is 48.0 Å². The van der Waals surface area contributed by atoms with Crippen LogP contribution in [0.3, 0.4) is 0 Å². The van der Waals surface area contributed by atoms with E-state index in [1.54, 1.807) is 6.07 Å². The number of nitrogens with zero attached hydrogens (tertiary/aromatic N) is 3. The van der Waals surface area contributed by atoms with E-state index in [2.05, 4.69) is 15.3 Å². The number of morpholine rings is 1. The highest BCUT2D eigenvalue weighted by Gasteiger charge is 2.48. The molecule has 1 saturated carbocycles. The molecule has 1 aromatic rings. The number of rotatable bonds is 3. The third-order valence-electron chi connectivity index (χ3n) is 3.96. The third-order valence-corrected chi connectivity index (χ3v) is 4.15. The predicted molar refractivity (Wildman–Crippen MR) is 90.4 cm³/mol. The molecular weight excluding hydrogens is 332 g/mol. The van der Waals surface area contributed by atoms with Crippen LogP contribution >= 0.6 is 11.6 Å². The van der Waals surface area contributed by atoms with Crippen molar-refractivity contribution in [1.29, 1.82) is 0 Å². The largest absolute Gasteiger partial charge is 0.444 e. The monoisotopic (exact) mass is 354 g/mol. The van der Waals surface area contributed by atoms with Crippen LogP contribution in [0.4, 0.5) is 10.7 Å². The zero-order valence-electron chi connectivity index (χ0n) is 14.3. The second kappa shape index (κ2) is 6.37. The molecule has 0 radical (unpaired) electrons. The second-order valence-electron chi connectivity index (χ2n) is 7.18. The van der Waals surface area contributed by atoms with E-state index in [-0.39, 0.29) is 0 Å². The van der Waals surface area contributed by atoms with Gasteiger partial charge >= 0.3 is 6.09 Å². The number of hydrogen-bond acceptors (Lipinski definition) is 6. The molecule has 24 heavy (non-hydrogen) atoms. The number of carbonyl (C=O) groups is 1. The summed E-state index contributed by atoms with van der Waals surface area (Å²) in [6, 6.07) is 1.72. The molecule has 2 fully saturated rings. The normalized spacial score (nSPS) is 19.8. The van der Waals surface area contributed by atoms with Crippen LogP contribution in [0, 0.1) is 0 Å². The average Bonchev–Trinajstić information content (AvgIpc) is 3.26. The van der Waals surface area contributed by atoms with Crippen LogP contribution in [0.1, 0.15) is 39.3 Å². The van der Waals surface area contributed by atoms with E-state index in [1.807, 2.05) is 25.7 Å². The number of ether oxygens (including phenoxy) is 2. The molecule has 1 aliphatic carbocycles. The average molecular weight is 355 g/mol. The molecule has 3 rings (SSSR count).